The van der Waals surface area contributed by atoms with Gasteiger partial charge in [0.15, 0.2) is 0 Å². The molecule has 1 aliphatic rings. The third-order valence-corrected chi connectivity index (χ3v) is 2.47. The van der Waals surface area contributed by atoms with Crippen LogP contribution < -0.4 is 0 Å². The molecule has 5 heteroatoms. The number of hydrogen-bond donors (Lipinski definition) is 0. The van der Waals surface area contributed by atoms with Gasteiger partial charge < -0.3 is 8.37 Å². The predicted molar refractivity (Wildman–Crippen MR) is 47.9 cm³/mol. The lowest BCUT2D eigenvalue weighted by Crippen LogP contribution is -2.21. The highest BCUT2D eigenvalue weighted by Gasteiger charge is 2.31. The van der Waals surface area contributed by atoms with Crippen LogP contribution in [0.4, 0.5) is 0 Å². The van der Waals surface area contributed by atoms with Gasteiger partial charge in [-0.3, -0.25) is 0 Å². The van der Waals surface area contributed by atoms with Crippen molar-refractivity contribution in [2.24, 2.45) is 0 Å². The molecule has 0 unspecified atom stereocenters. The van der Waals surface area contributed by atoms with Crippen molar-refractivity contribution < 1.29 is 16.8 Å². The Hall–Kier alpha value is -0.710. The van der Waals surface area contributed by atoms with Crippen LogP contribution in [-0.2, 0) is 18.8 Å². The van der Waals surface area contributed by atoms with Crippen LogP contribution in [0.2, 0.25) is 0 Å². The van der Waals surface area contributed by atoms with Gasteiger partial charge in [-0.1, -0.05) is 26.2 Å². The van der Waals surface area contributed by atoms with Crippen LogP contribution in [0.3, 0.4) is 0 Å². The summed E-state index contributed by atoms with van der Waals surface area (Å²) >= 11 is 0. The highest BCUT2D eigenvalue weighted by molar-refractivity contribution is 7.83. The maximum absolute atomic E-state index is 10.3. The molecule has 1 heterocycles. The smallest absolute Gasteiger partial charge is 0.315 e. The van der Waals surface area contributed by atoms with Crippen molar-refractivity contribution in [3.8, 4) is 0 Å². The van der Waals surface area contributed by atoms with Gasteiger partial charge in [0.25, 0.3) is 0 Å². The summed E-state index contributed by atoms with van der Waals surface area (Å²) in [4.78, 5) is 0. The molecule has 0 spiro atoms. The van der Waals surface area contributed by atoms with Crippen molar-refractivity contribution in [2.45, 2.75) is 39.0 Å². The van der Waals surface area contributed by atoms with Crippen molar-refractivity contribution >= 4 is 10.4 Å². The van der Waals surface area contributed by atoms with Gasteiger partial charge >= 0.3 is 16.3 Å². The molecule has 1 aliphatic heterocycles. The van der Waals surface area contributed by atoms with Crippen molar-refractivity contribution in [1.82, 2.24) is 0 Å². The largest absolute Gasteiger partial charge is 0.506 e. The Labute approximate surface area is 78.9 Å². The van der Waals surface area contributed by atoms with Crippen LogP contribution in [0.5, 0.6) is 0 Å². The lowest BCUT2D eigenvalue weighted by Gasteiger charge is -2.17. The van der Waals surface area contributed by atoms with Gasteiger partial charge in [-0.25, -0.2) is 0 Å². The first kappa shape index (κ1) is 10.4. The fraction of sp³-hybridized carbons (Fsp3) is 0.750. The zero-order chi connectivity index (χ0) is 9.73. The minimum Gasteiger partial charge on any atom is -0.315 e. The van der Waals surface area contributed by atoms with Gasteiger partial charge in [-0.15, -0.1) is 8.42 Å². The molecule has 76 valence electrons. The number of rotatable bonds is 5. The van der Waals surface area contributed by atoms with Gasteiger partial charge in [-0.2, -0.15) is 0 Å². The standard InChI is InChI=1S/C8H14O4S/c1-2-3-4-5-6-7-8-11-13(9,10)12-8/h7H,2-6H2,1H3. The summed E-state index contributed by atoms with van der Waals surface area (Å²) in [6, 6.07) is 0. The van der Waals surface area contributed by atoms with E-state index in [1.54, 1.807) is 6.08 Å². The average molecular weight is 206 g/mol. The second kappa shape index (κ2) is 4.50. The fourth-order valence-corrected chi connectivity index (χ4v) is 1.62. The molecule has 0 amide bonds. The van der Waals surface area contributed by atoms with E-state index >= 15 is 0 Å². The Kier molecular flexibility index (Phi) is 3.59. The minimum atomic E-state index is -3.65. The first-order valence-corrected chi connectivity index (χ1v) is 5.81. The quantitative estimate of drug-likeness (QED) is 0.646. The van der Waals surface area contributed by atoms with E-state index in [-0.39, 0.29) is 5.95 Å². The summed E-state index contributed by atoms with van der Waals surface area (Å²) in [6.45, 7) is 2.14. The maximum Gasteiger partial charge on any atom is 0.506 e. The molecule has 0 bridgehead atoms. The molecule has 1 rings (SSSR count). The van der Waals surface area contributed by atoms with E-state index in [9.17, 15) is 8.42 Å². The van der Waals surface area contributed by atoms with Crippen molar-refractivity contribution in [3.05, 3.63) is 12.0 Å². The maximum atomic E-state index is 10.3. The SMILES string of the molecule is CCCCCCC=C1OS(=O)(=O)O1. The Bertz CT molecular complexity index is 265. The van der Waals surface area contributed by atoms with Crippen LogP contribution >= 0.6 is 0 Å². The van der Waals surface area contributed by atoms with Crippen LogP contribution in [0.15, 0.2) is 12.0 Å². The Morgan fingerprint density at radius 2 is 1.92 bits per heavy atom. The van der Waals surface area contributed by atoms with E-state index < -0.39 is 10.4 Å². The van der Waals surface area contributed by atoms with E-state index in [2.05, 4.69) is 15.3 Å². The molecule has 0 atom stereocenters. The van der Waals surface area contributed by atoms with E-state index in [0.717, 1.165) is 19.3 Å². The summed E-state index contributed by atoms with van der Waals surface area (Å²) in [5.41, 5.74) is 0. The second-order valence-corrected chi connectivity index (χ2v) is 4.10. The molecule has 0 aliphatic carbocycles. The Balaban J connectivity index is 2.07. The Morgan fingerprint density at radius 3 is 2.46 bits per heavy atom. The van der Waals surface area contributed by atoms with Crippen molar-refractivity contribution in [2.75, 3.05) is 0 Å². The van der Waals surface area contributed by atoms with Crippen molar-refractivity contribution in [1.29, 1.82) is 0 Å². The number of hydrogen-bond acceptors (Lipinski definition) is 4. The molecular weight excluding hydrogens is 192 g/mol. The monoisotopic (exact) mass is 206 g/mol. The molecule has 0 radical (unpaired) electrons. The molecule has 4 nitrogen and oxygen atoms in total. The highest BCUT2D eigenvalue weighted by Crippen LogP contribution is 2.22. The summed E-state index contributed by atoms with van der Waals surface area (Å²) in [7, 11) is -3.65. The van der Waals surface area contributed by atoms with Crippen LogP contribution in [0, 0.1) is 0 Å². The molecule has 1 saturated heterocycles. The molecule has 13 heavy (non-hydrogen) atoms. The fourth-order valence-electron chi connectivity index (χ4n) is 1.07. The van der Waals surface area contributed by atoms with Gasteiger partial charge in [0.1, 0.15) is 0 Å². The predicted octanol–water partition coefficient (Wildman–Crippen LogP) is 2.09. The zero-order valence-corrected chi connectivity index (χ0v) is 8.47. The second-order valence-electron chi connectivity index (χ2n) is 2.95. The van der Waals surface area contributed by atoms with Crippen LogP contribution in [0.25, 0.3) is 0 Å². The normalized spacial score (nSPS) is 18.4. The van der Waals surface area contributed by atoms with Crippen LogP contribution in [-0.4, -0.2) is 8.42 Å². The third kappa shape index (κ3) is 3.67. The molecular formula is C8H14O4S. The van der Waals surface area contributed by atoms with E-state index in [1.807, 2.05) is 0 Å². The Morgan fingerprint density at radius 1 is 1.23 bits per heavy atom. The highest BCUT2D eigenvalue weighted by atomic mass is 32.3. The van der Waals surface area contributed by atoms with Gasteiger partial charge in [0.05, 0.1) is 0 Å². The van der Waals surface area contributed by atoms with Crippen molar-refractivity contribution in [3.63, 3.8) is 0 Å². The first-order chi connectivity index (χ1) is 6.14. The minimum absolute atomic E-state index is 0.122. The lowest BCUT2D eigenvalue weighted by molar-refractivity contribution is 0.118. The average Bonchev–Trinajstić information content (AvgIpc) is 2.00. The third-order valence-electron chi connectivity index (χ3n) is 1.74. The summed E-state index contributed by atoms with van der Waals surface area (Å²) in [6.07, 6.45) is 7.08. The first-order valence-electron chi connectivity index (χ1n) is 4.48. The van der Waals surface area contributed by atoms with E-state index in [4.69, 9.17) is 0 Å². The topological polar surface area (TPSA) is 52.6 Å². The van der Waals surface area contributed by atoms with E-state index in [0.29, 0.717) is 0 Å². The molecule has 0 aromatic rings. The van der Waals surface area contributed by atoms with Crippen LogP contribution in [0.1, 0.15) is 39.0 Å². The molecule has 0 N–H and O–H groups in total. The lowest BCUT2D eigenvalue weighted by atomic mass is 10.1. The summed E-state index contributed by atoms with van der Waals surface area (Å²) in [5.74, 6) is 0.122. The molecule has 1 fully saturated rings. The van der Waals surface area contributed by atoms with Gasteiger partial charge in [0.2, 0.25) is 0 Å². The number of allylic oxidation sites excluding steroid dienone is 1. The summed E-state index contributed by atoms with van der Waals surface area (Å²) < 4.78 is 29.4. The molecule has 0 aromatic heterocycles. The summed E-state index contributed by atoms with van der Waals surface area (Å²) in [5, 5.41) is 0. The van der Waals surface area contributed by atoms with E-state index in [1.165, 1.54) is 12.8 Å². The zero-order valence-electron chi connectivity index (χ0n) is 7.65. The molecule has 0 saturated carbocycles. The van der Waals surface area contributed by atoms with Gasteiger partial charge in [0, 0.05) is 0 Å². The molecule has 0 aromatic carbocycles. The van der Waals surface area contributed by atoms with Gasteiger partial charge in [-0.05, 0) is 18.9 Å². The number of unbranched alkanes of at least 4 members (excludes halogenated alkanes) is 4.